The van der Waals surface area contributed by atoms with E-state index >= 15 is 0 Å². The van der Waals surface area contributed by atoms with Gasteiger partial charge in [-0.2, -0.15) is 0 Å². The van der Waals surface area contributed by atoms with Gasteiger partial charge in [-0.05, 0) is 0 Å². The van der Waals surface area contributed by atoms with E-state index in [2.05, 4.69) is 0 Å². The topological polar surface area (TPSA) is 336 Å². The molecule has 0 amide bonds. The maximum Gasteiger partial charge on any atom is 6.00 e. The summed E-state index contributed by atoms with van der Waals surface area (Å²) in [4.78, 5) is 0. The zero-order valence-electron chi connectivity index (χ0n) is 7.49. The van der Waals surface area contributed by atoms with Crippen LogP contribution >= 0.6 is 0 Å². The van der Waals surface area contributed by atoms with Gasteiger partial charge in [-0.1, -0.05) is 0 Å². The molecule has 0 saturated carbocycles. The maximum absolute atomic E-state index is 0. The largest absolute Gasteiger partial charge is 6.00 e. The first kappa shape index (κ1) is 555. The molecule has 88 valence electrons. The predicted molar refractivity (Wildman–Crippen MR) is 36.9 cm³/mol. The Morgan fingerprint density at radius 3 is 0.176 bits per heavy atom. The Morgan fingerprint density at radius 1 is 0.176 bits per heavy atom. The second kappa shape index (κ2) is 477. The third-order valence-electron chi connectivity index (χ3n) is 0. The number of nitrogens with zero attached hydrogens (tertiary/aromatic N) is 11. The van der Waals surface area contributed by atoms with Crippen molar-refractivity contribution in [2.75, 3.05) is 0 Å². The van der Waals surface area contributed by atoms with Crippen molar-refractivity contribution in [1.29, 1.82) is 0 Å². The van der Waals surface area contributed by atoms with E-state index in [0.717, 1.165) is 0 Å². The van der Waals surface area contributed by atoms with E-state index in [-0.39, 0.29) is 198 Å². The van der Waals surface area contributed by atoms with Gasteiger partial charge in [0.1, 0.15) is 0 Å². The van der Waals surface area contributed by atoms with Crippen LogP contribution < -0.4 is 0 Å². The SMILES string of the molecule is [Mo+6].[Mo+6].[Mo+6].[N-3].[N-3].[N-3].[N-3].[N-3].[N-3].[N-3].[N-3].[N-3].[N-3].[N-3].[Nb+5].[Nb+5].[Nb+5]. The first-order chi connectivity index (χ1) is 0. The number of rotatable bonds is 0. The average molecular weight is 721 g/mol. The van der Waals surface area contributed by atoms with Crippen LogP contribution in [0, 0.1) is 0 Å². The fraction of sp³-hybridized carbons (Fsp3) is 0. The van der Waals surface area contributed by atoms with Crippen molar-refractivity contribution in [2.24, 2.45) is 0 Å². The molecule has 17 heavy (non-hydrogen) atoms. The first-order valence-corrected chi connectivity index (χ1v) is 0. The summed E-state index contributed by atoms with van der Waals surface area (Å²) < 4.78 is 0. The van der Waals surface area contributed by atoms with Gasteiger partial charge in [0.25, 0.3) is 0 Å². The second-order valence-corrected chi connectivity index (χ2v) is 0. The summed E-state index contributed by atoms with van der Waals surface area (Å²) >= 11 is 0. The predicted octanol–water partition coefficient (Wildman–Crippen LogP) is 3.16. The zero-order valence-corrected chi connectivity index (χ0v) is 20.1. The third-order valence-corrected chi connectivity index (χ3v) is 0. The number of hydrogen-bond donors (Lipinski definition) is 0. The maximum atomic E-state index is 0. The van der Waals surface area contributed by atoms with E-state index in [0.29, 0.717) is 0 Å². The molecule has 0 spiro atoms. The van der Waals surface area contributed by atoms with Crippen LogP contribution in [0.25, 0.3) is 67.7 Å². The van der Waals surface area contributed by atoms with E-state index in [1.807, 2.05) is 0 Å². The number of hydrogen-bond acceptors (Lipinski definition) is 0. The van der Waals surface area contributed by atoms with Gasteiger partial charge in [0.15, 0.2) is 0 Å². The average Bonchev–Trinajstić information content (AvgIpc) is 0. The van der Waals surface area contributed by atoms with Crippen LogP contribution in [0.3, 0.4) is 0 Å². The molecule has 0 aromatic rings. The fourth-order valence-corrected chi connectivity index (χ4v) is 0. The van der Waals surface area contributed by atoms with E-state index in [4.69, 9.17) is 0 Å². The van der Waals surface area contributed by atoms with Crippen molar-refractivity contribution in [3.63, 3.8) is 0 Å². The Hall–Kier alpha value is 3.85. The first-order valence-electron chi connectivity index (χ1n) is 0. The van der Waals surface area contributed by atoms with Crippen molar-refractivity contribution in [3.05, 3.63) is 67.7 Å². The van der Waals surface area contributed by atoms with Gasteiger partial charge in [0, 0.05) is 0 Å². The van der Waals surface area contributed by atoms with Crippen molar-refractivity contribution in [1.82, 2.24) is 0 Å². The summed E-state index contributed by atoms with van der Waals surface area (Å²) in [7, 11) is 0. The molecule has 0 N–H and O–H groups in total. The third kappa shape index (κ3) is 427. The molecule has 0 bridgehead atoms. The van der Waals surface area contributed by atoms with Crippen LogP contribution in [0.4, 0.5) is 0 Å². The van der Waals surface area contributed by atoms with Gasteiger partial charge in [-0.25, -0.2) is 0 Å². The molecule has 0 radical (unpaired) electrons. The van der Waals surface area contributed by atoms with Crippen LogP contribution in [0.1, 0.15) is 0 Å². The van der Waals surface area contributed by atoms with Crippen LogP contribution in [0.5, 0.6) is 0 Å². The molecule has 11 nitrogen and oxygen atoms in total. The van der Waals surface area contributed by atoms with Crippen LogP contribution in [-0.2, 0) is 130 Å². The van der Waals surface area contributed by atoms with Gasteiger partial charge in [-0.3, -0.25) is 0 Å². The molecule has 0 aromatic heterocycles. The van der Waals surface area contributed by atoms with Gasteiger partial charge in [0.05, 0.1) is 0 Å². The molecular weight excluding hydrogens is 721 g/mol. The molecular formula is Mo3N11Nb3. The van der Waals surface area contributed by atoms with E-state index in [1.165, 1.54) is 0 Å². The second-order valence-electron chi connectivity index (χ2n) is 0. The van der Waals surface area contributed by atoms with Crippen molar-refractivity contribution in [3.8, 4) is 0 Å². The molecule has 0 fully saturated rings. The Morgan fingerprint density at radius 2 is 0.176 bits per heavy atom. The minimum absolute atomic E-state index is 0. The molecule has 0 aliphatic carbocycles. The van der Waals surface area contributed by atoms with E-state index < -0.39 is 0 Å². The Labute approximate surface area is 195 Å². The summed E-state index contributed by atoms with van der Waals surface area (Å²) in [6, 6.07) is 0. The van der Waals surface area contributed by atoms with E-state index in [9.17, 15) is 0 Å². The van der Waals surface area contributed by atoms with Crippen LogP contribution in [-0.4, -0.2) is 0 Å². The molecule has 17 heteroatoms. The van der Waals surface area contributed by atoms with Crippen LogP contribution in [0.15, 0.2) is 0 Å². The van der Waals surface area contributed by atoms with E-state index in [1.54, 1.807) is 0 Å². The summed E-state index contributed by atoms with van der Waals surface area (Å²) in [6.07, 6.45) is 0. The molecule has 0 saturated heterocycles. The van der Waals surface area contributed by atoms with Crippen molar-refractivity contribution < 1.29 is 130 Å². The molecule has 0 aliphatic rings. The van der Waals surface area contributed by atoms with Gasteiger partial charge >= 0.3 is 130 Å². The molecule has 0 atom stereocenters. The Kier molecular flexibility index (Phi) is 15600. The normalized spacial score (nSPS) is 0. The molecule has 0 rings (SSSR count). The minimum Gasteiger partial charge on any atom is -3.00 e. The summed E-state index contributed by atoms with van der Waals surface area (Å²) in [5.74, 6) is 0. The van der Waals surface area contributed by atoms with Crippen molar-refractivity contribution >= 4 is 0 Å². The van der Waals surface area contributed by atoms with Crippen LogP contribution in [0.2, 0.25) is 0 Å². The van der Waals surface area contributed by atoms with Gasteiger partial charge in [0.2, 0.25) is 0 Å². The van der Waals surface area contributed by atoms with Gasteiger partial charge in [-0.15, -0.1) is 0 Å². The Bertz CT molecular complexity index is 21.9. The monoisotopic (exact) mass is 726 g/mol. The molecule has 0 aromatic carbocycles. The summed E-state index contributed by atoms with van der Waals surface area (Å²) in [5.41, 5.74) is 0. The molecule has 0 heterocycles. The van der Waals surface area contributed by atoms with Crippen molar-refractivity contribution in [2.45, 2.75) is 0 Å². The summed E-state index contributed by atoms with van der Waals surface area (Å²) in [6.45, 7) is 0. The summed E-state index contributed by atoms with van der Waals surface area (Å²) in [5, 5.41) is 0. The fourth-order valence-electron chi connectivity index (χ4n) is 0. The standard InChI is InChI=1S/3Mo.11N.3Nb/q3*+6;11*-3;3*+5. The smallest absolute Gasteiger partial charge is 3.00 e. The molecule has 0 aliphatic heterocycles. The quantitative estimate of drug-likeness (QED) is 0.326. The Balaban J connectivity index is 0. The minimum atomic E-state index is 0. The zero-order chi connectivity index (χ0) is 0. The van der Waals surface area contributed by atoms with Gasteiger partial charge < -0.3 is 67.7 Å². The molecule has 0 unspecified atom stereocenters.